The third kappa shape index (κ3) is 2.05. The smallest absolute Gasteiger partial charge is 0.266 e. The zero-order valence-corrected chi connectivity index (χ0v) is 7.82. The molecule has 0 bridgehead atoms. The number of nitro benzene ring substituents is 1. The third-order valence-corrected chi connectivity index (χ3v) is 2.82. The minimum absolute atomic E-state index is 0.0573. The standard InChI is InChI=1S/C6H7N3O4S/c7-8-14(12,13)6-3-1-5(2-4-6)9(10)11/h1-4,8H,7H2/p+1. The van der Waals surface area contributed by atoms with Crippen LogP contribution in [0.3, 0.4) is 0 Å². The lowest BCUT2D eigenvalue weighted by atomic mass is 10.3. The quantitative estimate of drug-likeness (QED) is 0.501. The number of sulfonamides is 1. The van der Waals surface area contributed by atoms with Crippen LogP contribution in [0.1, 0.15) is 0 Å². The van der Waals surface area contributed by atoms with Gasteiger partial charge in [-0.3, -0.25) is 16.0 Å². The van der Waals surface area contributed by atoms with Gasteiger partial charge in [0, 0.05) is 12.1 Å². The van der Waals surface area contributed by atoms with Gasteiger partial charge >= 0.3 is 0 Å². The highest BCUT2D eigenvalue weighted by Crippen LogP contribution is 2.14. The number of hydrogen-bond acceptors (Lipinski definition) is 4. The van der Waals surface area contributed by atoms with Crippen molar-refractivity contribution in [1.29, 1.82) is 0 Å². The fraction of sp³-hybridized carbons (Fsp3) is 0. The van der Waals surface area contributed by atoms with Gasteiger partial charge in [0.05, 0.1) is 9.82 Å². The van der Waals surface area contributed by atoms with Crippen LogP contribution in [-0.2, 0) is 10.0 Å². The summed E-state index contributed by atoms with van der Waals surface area (Å²) in [5.74, 6) is 3.02. The Bertz CT molecular complexity index is 439. The minimum atomic E-state index is -3.62. The Morgan fingerprint density at radius 3 is 2.14 bits per heavy atom. The lowest BCUT2D eigenvalue weighted by molar-refractivity contribution is -0.411. The molecule has 14 heavy (non-hydrogen) atoms. The highest BCUT2D eigenvalue weighted by molar-refractivity contribution is 7.89. The maximum absolute atomic E-state index is 11.1. The van der Waals surface area contributed by atoms with Gasteiger partial charge in [0.2, 0.25) is 0 Å². The number of non-ortho nitro benzene ring substituents is 1. The first-order valence-corrected chi connectivity index (χ1v) is 4.99. The molecule has 8 heteroatoms. The zero-order valence-electron chi connectivity index (χ0n) is 7.00. The maximum atomic E-state index is 11.1. The van der Waals surface area contributed by atoms with Crippen LogP contribution in [-0.4, -0.2) is 13.3 Å². The maximum Gasteiger partial charge on any atom is 0.282 e. The molecule has 0 aliphatic heterocycles. The van der Waals surface area contributed by atoms with E-state index in [1.54, 1.807) is 0 Å². The van der Waals surface area contributed by atoms with Gasteiger partial charge in [-0.1, -0.05) is 4.83 Å². The third-order valence-electron chi connectivity index (χ3n) is 1.55. The first-order chi connectivity index (χ1) is 6.47. The van der Waals surface area contributed by atoms with Crippen LogP contribution in [0.4, 0.5) is 5.69 Å². The summed E-state index contributed by atoms with van der Waals surface area (Å²) >= 11 is 0. The van der Waals surface area contributed by atoms with Crippen molar-refractivity contribution in [3.63, 3.8) is 0 Å². The second kappa shape index (κ2) is 3.70. The number of hydrogen-bond donors (Lipinski definition) is 2. The molecule has 76 valence electrons. The molecule has 1 rings (SSSR count). The van der Waals surface area contributed by atoms with Crippen molar-refractivity contribution in [3.05, 3.63) is 34.4 Å². The molecule has 0 aromatic heterocycles. The van der Waals surface area contributed by atoms with Gasteiger partial charge in [-0.2, -0.15) is 0 Å². The highest BCUT2D eigenvalue weighted by Gasteiger charge is 2.14. The molecule has 0 unspecified atom stereocenters. The van der Waals surface area contributed by atoms with Crippen LogP contribution in [0.2, 0.25) is 0 Å². The highest BCUT2D eigenvalue weighted by atomic mass is 32.2. The molecule has 0 spiro atoms. The molecule has 0 amide bonds. The van der Waals surface area contributed by atoms with E-state index < -0.39 is 14.9 Å². The van der Waals surface area contributed by atoms with Crippen molar-refractivity contribution < 1.29 is 19.2 Å². The van der Waals surface area contributed by atoms with E-state index >= 15 is 0 Å². The van der Waals surface area contributed by atoms with Gasteiger partial charge in [0.1, 0.15) is 0 Å². The van der Waals surface area contributed by atoms with Gasteiger partial charge in [0.25, 0.3) is 15.7 Å². The lowest BCUT2D eigenvalue weighted by Crippen LogP contribution is -2.66. The summed E-state index contributed by atoms with van der Waals surface area (Å²) in [5, 5.41) is 10.3. The molecule has 1 aromatic rings. The molecule has 0 atom stereocenters. The average molecular weight is 218 g/mol. The number of nitro groups is 1. The predicted molar refractivity (Wildman–Crippen MR) is 46.3 cm³/mol. The Kier molecular flexibility index (Phi) is 2.79. The van der Waals surface area contributed by atoms with Crippen molar-refractivity contribution in [2.75, 3.05) is 0 Å². The van der Waals surface area contributed by atoms with Gasteiger partial charge in [-0.15, -0.1) is 0 Å². The van der Waals surface area contributed by atoms with Crippen molar-refractivity contribution in [2.45, 2.75) is 4.90 Å². The molecule has 0 aliphatic carbocycles. The summed E-state index contributed by atoms with van der Waals surface area (Å²) in [6.45, 7) is 0. The fourth-order valence-electron chi connectivity index (χ4n) is 0.830. The van der Waals surface area contributed by atoms with Crippen LogP contribution in [0.25, 0.3) is 0 Å². The molecule has 0 fully saturated rings. The van der Waals surface area contributed by atoms with E-state index in [9.17, 15) is 18.5 Å². The molecule has 7 nitrogen and oxygen atoms in total. The molecule has 1 aromatic carbocycles. The topological polar surface area (TPSA) is 117 Å². The summed E-state index contributed by atoms with van der Waals surface area (Å²) in [6.07, 6.45) is 0. The lowest BCUT2D eigenvalue weighted by Gasteiger charge is -1.98. The van der Waals surface area contributed by atoms with E-state index in [0.29, 0.717) is 0 Å². The van der Waals surface area contributed by atoms with E-state index in [1.807, 2.05) is 4.83 Å². The minimum Gasteiger partial charge on any atom is -0.266 e. The monoisotopic (exact) mass is 218 g/mol. The van der Waals surface area contributed by atoms with Crippen LogP contribution < -0.4 is 10.7 Å². The molecule has 0 saturated heterocycles. The van der Waals surface area contributed by atoms with Gasteiger partial charge in [-0.05, 0) is 12.1 Å². The summed E-state index contributed by atoms with van der Waals surface area (Å²) in [6, 6.07) is 4.52. The number of benzene rings is 1. The zero-order chi connectivity index (χ0) is 10.8. The van der Waals surface area contributed by atoms with Crippen molar-refractivity contribution in [3.8, 4) is 0 Å². The van der Waals surface area contributed by atoms with E-state index in [0.717, 1.165) is 24.3 Å². The molecular formula is C6H8N3O4S+. The van der Waals surface area contributed by atoms with Crippen LogP contribution in [0, 0.1) is 10.1 Å². The Balaban J connectivity index is 3.12. The molecule has 0 saturated carbocycles. The predicted octanol–water partition coefficient (Wildman–Crippen LogP) is -0.970. The van der Waals surface area contributed by atoms with Crippen molar-refractivity contribution in [1.82, 2.24) is 4.83 Å². The normalized spacial score (nSPS) is 11.2. The fourth-order valence-corrected chi connectivity index (χ4v) is 1.49. The van der Waals surface area contributed by atoms with Crippen molar-refractivity contribution >= 4 is 15.7 Å². The molecule has 0 aliphatic rings. The van der Waals surface area contributed by atoms with E-state index in [2.05, 4.69) is 5.84 Å². The molecule has 0 radical (unpaired) electrons. The first kappa shape index (κ1) is 10.6. The van der Waals surface area contributed by atoms with E-state index in [-0.39, 0.29) is 10.6 Å². The molecular weight excluding hydrogens is 210 g/mol. The van der Waals surface area contributed by atoms with Crippen molar-refractivity contribution in [2.24, 2.45) is 0 Å². The first-order valence-electron chi connectivity index (χ1n) is 3.51. The SMILES string of the molecule is [NH3+]NS(=O)(=O)c1ccc([N+](=O)[O-])cc1. The van der Waals surface area contributed by atoms with E-state index in [4.69, 9.17) is 0 Å². The van der Waals surface area contributed by atoms with Crippen LogP contribution in [0.15, 0.2) is 29.2 Å². The molecule has 4 N–H and O–H groups in total. The van der Waals surface area contributed by atoms with Gasteiger partial charge in [-0.25, -0.2) is 8.42 Å². The van der Waals surface area contributed by atoms with E-state index in [1.165, 1.54) is 0 Å². The number of quaternary nitrogens is 1. The summed E-state index contributed by atoms with van der Waals surface area (Å²) in [7, 11) is -3.62. The van der Waals surface area contributed by atoms with Gasteiger partial charge in [0.15, 0.2) is 0 Å². The second-order valence-corrected chi connectivity index (χ2v) is 4.17. The van der Waals surface area contributed by atoms with Gasteiger partial charge < -0.3 is 0 Å². The summed E-state index contributed by atoms with van der Waals surface area (Å²) in [4.78, 5) is 11.5. The number of rotatable bonds is 3. The Morgan fingerprint density at radius 2 is 1.79 bits per heavy atom. The summed E-state index contributed by atoms with van der Waals surface area (Å²) in [5.41, 5.74) is -0.159. The Labute approximate surface area is 79.7 Å². The Hall–Kier alpha value is -1.51. The van der Waals surface area contributed by atoms with Crippen LogP contribution in [0.5, 0.6) is 0 Å². The summed E-state index contributed by atoms with van der Waals surface area (Å²) < 4.78 is 22.3. The molecule has 0 heterocycles. The number of nitrogens with zero attached hydrogens (tertiary/aromatic N) is 1. The largest absolute Gasteiger partial charge is 0.282 e. The average Bonchev–Trinajstić information content (AvgIpc) is 2.18. The van der Waals surface area contributed by atoms with Crippen LogP contribution >= 0.6 is 0 Å². The second-order valence-electron chi connectivity index (χ2n) is 2.40. The number of nitrogens with one attached hydrogen (secondary N) is 1. The Morgan fingerprint density at radius 1 is 1.29 bits per heavy atom.